The Morgan fingerprint density at radius 3 is 2.67 bits per heavy atom. The van der Waals surface area contributed by atoms with Gasteiger partial charge in [-0.3, -0.25) is 0 Å². The maximum absolute atomic E-state index is 5.46. The number of hydrogen-bond acceptors (Lipinski definition) is 2. The minimum Gasteiger partial charge on any atom is -0.380 e. The van der Waals surface area contributed by atoms with Crippen LogP contribution in [-0.2, 0) is 4.74 Å². The second-order valence-corrected chi connectivity index (χ2v) is 6.01. The lowest BCUT2D eigenvalue weighted by Gasteiger charge is -2.45. The van der Waals surface area contributed by atoms with Gasteiger partial charge >= 0.3 is 0 Å². The van der Waals surface area contributed by atoms with Crippen molar-refractivity contribution in [3.63, 3.8) is 0 Å². The summed E-state index contributed by atoms with van der Waals surface area (Å²) < 4.78 is 5.46. The monoisotopic (exact) mass is 211 g/mol. The summed E-state index contributed by atoms with van der Waals surface area (Å²) in [6.07, 6.45) is 5.53. The van der Waals surface area contributed by atoms with E-state index >= 15 is 0 Å². The molecule has 2 nitrogen and oxygen atoms in total. The smallest absolute Gasteiger partial charge is 0.0545 e. The highest BCUT2D eigenvalue weighted by Crippen LogP contribution is 2.41. The van der Waals surface area contributed by atoms with Crippen molar-refractivity contribution in [2.75, 3.05) is 26.3 Å². The molecule has 15 heavy (non-hydrogen) atoms. The van der Waals surface area contributed by atoms with E-state index in [9.17, 15) is 0 Å². The van der Waals surface area contributed by atoms with E-state index in [1.54, 1.807) is 0 Å². The summed E-state index contributed by atoms with van der Waals surface area (Å²) in [7, 11) is 0. The first-order chi connectivity index (χ1) is 7.20. The molecule has 0 radical (unpaired) electrons. The third kappa shape index (κ3) is 2.94. The van der Waals surface area contributed by atoms with Crippen LogP contribution in [-0.4, -0.2) is 26.3 Å². The molecule has 1 N–H and O–H groups in total. The van der Waals surface area contributed by atoms with Crippen LogP contribution in [0.2, 0.25) is 0 Å². The van der Waals surface area contributed by atoms with E-state index in [0.29, 0.717) is 5.41 Å². The Morgan fingerprint density at radius 2 is 2.20 bits per heavy atom. The van der Waals surface area contributed by atoms with E-state index in [1.807, 2.05) is 0 Å². The topological polar surface area (TPSA) is 21.3 Å². The highest BCUT2D eigenvalue weighted by molar-refractivity contribution is 4.89. The molecule has 0 amide bonds. The van der Waals surface area contributed by atoms with E-state index in [4.69, 9.17) is 4.74 Å². The first kappa shape index (κ1) is 11.4. The van der Waals surface area contributed by atoms with Crippen molar-refractivity contribution in [2.24, 2.45) is 17.3 Å². The van der Waals surface area contributed by atoms with Crippen LogP contribution < -0.4 is 5.32 Å². The summed E-state index contributed by atoms with van der Waals surface area (Å²) in [6.45, 7) is 9.16. The molecule has 2 aliphatic heterocycles. The molecule has 2 heterocycles. The molecule has 2 rings (SSSR count). The van der Waals surface area contributed by atoms with Gasteiger partial charge in [-0.05, 0) is 50.6 Å². The highest BCUT2D eigenvalue weighted by atomic mass is 16.5. The number of rotatable bonds is 4. The molecule has 0 saturated carbocycles. The van der Waals surface area contributed by atoms with Gasteiger partial charge < -0.3 is 10.1 Å². The van der Waals surface area contributed by atoms with Gasteiger partial charge in [0.2, 0.25) is 0 Å². The Labute approximate surface area is 93.8 Å². The van der Waals surface area contributed by atoms with Crippen molar-refractivity contribution in [1.29, 1.82) is 0 Å². The van der Waals surface area contributed by atoms with Gasteiger partial charge in [-0.2, -0.15) is 0 Å². The molecule has 0 aromatic heterocycles. The van der Waals surface area contributed by atoms with Crippen molar-refractivity contribution in [1.82, 2.24) is 5.32 Å². The van der Waals surface area contributed by atoms with Crippen molar-refractivity contribution in [2.45, 2.75) is 39.5 Å². The summed E-state index contributed by atoms with van der Waals surface area (Å²) >= 11 is 0. The quantitative estimate of drug-likeness (QED) is 0.771. The summed E-state index contributed by atoms with van der Waals surface area (Å²) in [6, 6.07) is 0. The fourth-order valence-corrected chi connectivity index (χ4v) is 3.29. The third-order valence-corrected chi connectivity index (χ3v) is 3.78. The summed E-state index contributed by atoms with van der Waals surface area (Å²) in [5.41, 5.74) is 0.540. The number of piperidine rings is 1. The molecule has 1 unspecified atom stereocenters. The van der Waals surface area contributed by atoms with Crippen molar-refractivity contribution >= 4 is 0 Å². The van der Waals surface area contributed by atoms with Crippen LogP contribution in [0.3, 0.4) is 0 Å². The summed E-state index contributed by atoms with van der Waals surface area (Å²) in [5.74, 6) is 1.71. The zero-order chi connectivity index (χ0) is 10.7. The van der Waals surface area contributed by atoms with Crippen LogP contribution in [0.5, 0.6) is 0 Å². The van der Waals surface area contributed by atoms with Gasteiger partial charge in [0.15, 0.2) is 0 Å². The Hall–Kier alpha value is -0.0800. The fraction of sp³-hybridized carbons (Fsp3) is 1.00. The Kier molecular flexibility index (Phi) is 3.68. The molecular formula is C13H25NO. The van der Waals surface area contributed by atoms with E-state index in [2.05, 4.69) is 19.2 Å². The minimum absolute atomic E-state index is 0.540. The number of nitrogens with one attached hydrogen (secondary N) is 1. The minimum atomic E-state index is 0.540. The third-order valence-electron chi connectivity index (χ3n) is 3.78. The SMILES string of the molecule is CC(C)CC1(CC2CCCNC2)COC1. The van der Waals surface area contributed by atoms with Gasteiger partial charge in [-0.15, -0.1) is 0 Å². The molecule has 0 aliphatic carbocycles. The number of ether oxygens (including phenoxy) is 1. The van der Waals surface area contributed by atoms with Crippen LogP contribution in [0, 0.1) is 17.3 Å². The molecule has 0 aromatic carbocycles. The predicted molar refractivity (Wildman–Crippen MR) is 62.9 cm³/mol. The molecule has 0 aromatic rings. The standard InChI is InChI=1S/C13H25NO/c1-11(2)6-13(9-15-10-13)7-12-4-3-5-14-8-12/h11-12,14H,3-10H2,1-2H3. The van der Waals surface area contributed by atoms with E-state index < -0.39 is 0 Å². The van der Waals surface area contributed by atoms with E-state index in [1.165, 1.54) is 38.8 Å². The lowest BCUT2D eigenvalue weighted by atomic mass is 9.71. The van der Waals surface area contributed by atoms with Crippen molar-refractivity contribution in [3.8, 4) is 0 Å². The normalized spacial score (nSPS) is 30.2. The van der Waals surface area contributed by atoms with Crippen molar-refractivity contribution < 1.29 is 4.74 Å². The zero-order valence-electron chi connectivity index (χ0n) is 10.2. The molecule has 0 bridgehead atoms. The van der Waals surface area contributed by atoms with Gasteiger partial charge in [-0.25, -0.2) is 0 Å². The maximum Gasteiger partial charge on any atom is 0.0545 e. The van der Waals surface area contributed by atoms with Gasteiger partial charge in [0.25, 0.3) is 0 Å². The first-order valence-corrected chi connectivity index (χ1v) is 6.49. The van der Waals surface area contributed by atoms with E-state index in [0.717, 1.165) is 25.0 Å². The van der Waals surface area contributed by atoms with Crippen LogP contribution in [0.1, 0.15) is 39.5 Å². The number of hydrogen-bond donors (Lipinski definition) is 1. The Bertz CT molecular complexity index is 193. The molecule has 2 aliphatic rings. The lowest BCUT2D eigenvalue weighted by Crippen LogP contribution is -2.46. The molecule has 2 heteroatoms. The zero-order valence-corrected chi connectivity index (χ0v) is 10.2. The average Bonchev–Trinajstić information content (AvgIpc) is 2.15. The van der Waals surface area contributed by atoms with Crippen LogP contribution in [0.15, 0.2) is 0 Å². The summed E-state index contributed by atoms with van der Waals surface area (Å²) in [5, 5.41) is 3.52. The molecule has 2 fully saturated rings. The predicted octanol–water partition coefficient (Wildman–Crippen LogP) is 2.44. The highest BCUT2D eigenvalue weighted by Gasteiger charge is 2.40. The fourth-order valence-electron chi connectivity index (χ4n) is 3.29. The average molecular weight is 211 g/mol. The van der Waals surface area contributed by atoms with Crippen LogP contribution in [0.4, 0.5) is 0 Å². The van der Waals surface area contributed by atoms with E-state index in [-0.39, 0.29) is 0 Å². The largest absolute Gasteiger partial charge is 0.380 e. The second kappa shape index (κ2) is 4.84. The van der Waals surface area contributed by atoms with Gasteiger partial charge in [0.05, 0.1) is 13.2 Å². The molecule has 88 valence electrons. The Morgan fingerprint density at radius 1 is 1.40 bits per heavy atom. The Balaban J connectivity index is 1.83. The molecular weight excluding hydrogens is 186 g/mol. The van der Waals surface area contributed by atoms with Gasteiger partial charge in [0.1, 0.15) is 0 Å². The first-order valence-electron chi connectivity index (χ1n) is 6.49. The maximum atomic E-state index is 5.46. The molecule has 2 saturated heterocycles. The van der Waals surface area contributed by atoms with Crippen LogP contribution in [0.25, 0.3) is 0 Å². The lowest BCUT2D eigenvalue weighted by molar-refractivity contribution is -0.135. The molecule has 0 spiro atoms. The second-order valence-electron chi connectivity index (χ2n) is 6.01. The molecule has 1 atom stereocenters. The van der Waals surface area contributed by atoms with Crippen LogP contribution >= 0.6 is 0 Å². The van der Waals surface area contributed by atoms with Gasteiger partial charge in [-0.1, -0.05) is 13.8 Å². The van der Waals surface area contributed by atoms with Crippen molar-refractivity contribution in [3.05, 3.63) is 0 Å². The van der Waals surface area contributed by atoms with Gasteiger partial charge in [0, 0.05) is 5.41 Å². The summed E-state index contributed by atoms with van der Waals surface area (Å²) in [4.78, 5) is 0.